The summed E-state index contributed by atoms with van der Waals surface area (Å²) in [6, 6.07) is 18.1. The topological polar surface area (TPSA) is 67.9 Å². The van der Waals surface area contributed by atoms with Crippen LogP contribution in [0, 0.1) is 0 Å². The zero-order valence-electron chi connectivity index (χ0n) is 16.3. The third kappa shape index (κ3) is 3.40. The molecule has 1 heterocycles. The average Bonchev–Trinajstić information content (AvgIpc) is 2.77. The van der Waals surface area contributed by atoms with E-state index in [1.807, 2.05) is 36.4 Å². The van der Waals surface area contributed by atoms with Gasteiger partial charge in [-0.2, -0.15) is 0 Å². The highest BCUT2D eigenvalue weighted by atomic mass is 32.1. The number of methoxy groups -OCH3 is 2. The molecule has 150 valence electrons. The number of nitrogens with zero attached hydrogens (tertiary/aromatic N) is 1. The van der Waals surface area contributed by atoms with Gasteiger partial charge >= 0.3 is 0 Å². The molecular weight excluding hydrogens is 400 g/mol. The maximum atomic E-state index is 13.2. The normalized spacial score (nSPS) is 15.5. The van der Waals surface area contributed by atoms with E-state index >= 15 is 0 Å². The molecule has 0 radical (unpaired) electrons. The molecule has 1 saturated heterocycles. The number of carbonyl (C=O) groups is 2. The third-order valence-electron chi connectivity index (χ3n) is 4.87. The number of nitrogens with one attached hydrogen (secondary N) is 1. The van der Waals surface area contributed by atoms with Crippen molar-refractivity contribution >= 4 is 51.7 Å². The van der Waals surface area contributed by atoms with Crippen LogP contribution < -0.4 is 19.7 Å². The molecule has 0 bridgehead atoms. The van der Waals surface area contributed by atoms with Gasteiger partial charge in [0.05, 0.1) is 19.9 Å². The quantitative estimate of drug-likeness (QED) is 0.398. The van der Waals surface area contributed by atoms with Crippen LogP contribution in [0.3, 0.4) is 0 Å². The molecule has 7 heteroatoms. The second-order valence-electron chi connectivity index (χ2n) is 6.56. The Morgan fingerprint density at radius 1 is 0.900 bits per heavy atom. The monoisotopic (exact) mass is 418 g/mol. The van der Waals surface area contributed by atoms with Crippen molar-refractivity contribution in [2.24, 2.45) is 0 Å². The molecule has 0 saturated carbocycles. The summed E-state index contributed by atoms with van der Waals surface area (Å²) in [6.45, 7) is 0. The van der Waals surface area contributed by atoms with Crippen LogP contribution in [0.15, 0.2) is 66.2 Å². The average molecular weight is 418 g/mol. The lowest BCUT2D eigenvalue weighted by atomic mass is 10.00. The zero-order chi connectivity index (χ0) is 21.3. The van der Waals surface area contributed by atoms with Gasteiger partial charge < -0.3 is 9.47 Å². The summed E-state index contributed by atoms with van der Waals surface area (Å²) in [5.41, 5.74) is 1.26. The number of thiocarbonyl (C=S) groups is 1. The molecule has 4 rings (SSSR count). The van der Waals surface area contributed by atoms with Crippen molar-refractivity contribution in [2.45, 2.75) is 0 Å². The maximum absolute atomic E-state index is 13.2. The lowest BCUT2D eigenvalue weighted by molar-refractivity contribution is -0.122. The van der Waals surface area contributed by atoms with E-state index in [-0.39, 0.29) is 10.7 Å². The van der Waals surface area contributed by atoms with Gasteiger partial charge in [0.2, 0.25) is 0 Å². The molecule has 1 fully saturated rings. The van der Waals surface area contributed by atoms with Crippen LogP contribution in [0.5, 0.6) is 11.5 Å². The highest BCUT2D eigenvalue weighted by Gasteiger charge is 2.34. The fraction of sp³-hybridized carbons (Fsp3) is 0.0870. The minimum absolute atomic E-state index is 0.00487. The van der Waals surface area contributed by atoms with Crippen LogP contribution in [0.1, 0.15) is 5.56 Å². The largest absolute Gasteiger partial charge is 0.497 e. The van der Waals surface area contributed by atoms with E-state index < -0.39 is 11.8 Å². The Hall–Kier alpha value is -3.71. The summed E-state index contributed by atoms with van der Waals surface area (Å²) in [7, 11) is 3.16. The standard InChI is InChI=1S/C23H18N2O4S/c1-28-16-10-8-15(9-11-16)25-22(27)19(21(26)24-23(25)30)13-14-7-12-20(29-2)18-6-4-3-5-17(14)18/h3-13H,1-2H3,(H,24,26,30)/b19-13-. The van der Waals surface area contributed by atoms with Gasteiger partial charge in [0.1, 0.15) is 17.1 Å². The van der Waals surface area contributed by atoms with E-state index in [1.165, 1.54) is 4.90 Å². The van der Waals surface area contributed by atoms with Crippen molar-refractivity contribution in [3.63, 3.8) is 0 Å². The molecule has 30 heavy (non-hydrogen) atoms. The third-order valence-corrected chi connectivity index (χ3v) is 5.15. The van der Waals surface area contributed by atoms with Gasteiger partial charge in [-0.1, -0.05) is 30.3 Å². The van der Waals surface area contributed by atoms with E-state index in [9.17, 15) is 9.59 Å². The SMILES string of the molecule is COc1ccc(N2C(=O)/C(=C\c3ccc(OC)c4ccccc34)C(=O)NC2=S)cc1. The summed E-state index contributed by atoms with van der Waals surface area (Å²) in [4.78, 5) is 27.1. The molecule has 1 N–H and O–H groups in total. The number of hydrogen-bond donors (Lipinski definition) is 1. The predicted octanol–water partition coefficient (Wildman–Crippen LogP) is 3.69. The number of amides is 2. The van der Waals surface area contributed by atoms with Crippen molar-refractivity contribution < 1.29 is 19.1 Å². The first kappa shape index (κ1) is 19.6. The first-order valence-electron chi connectivity index (χ1n) is 9.14. The van der Waals surface area contributed by atoms with Crippen LogP contribution in [0.2, 0.25) is 0 Å². The minimum atomic E-state index is -0.533. The Balaban J connectivity index is 1.79. The number of anilines is 1. The second-order valence-corrected chi connectivity index (χ2v) is 6.95. The molecule has 0 spiro atoms. The lowest BCUT2D eigenvalue weighted by Crippen LogP contribution is -2.54. The van der Waals surface area contributed by atoms with Crippen molar-refractivity contribution in [3.05, 3.63) is 71.8 Å². The summed E-state index contributed by atoms with van der Waals surface area (Å²) < 4.78 is 10.6. The van der Waals surface area contributed by atoms with Crippen molar-refractivity contribution in [3.8, 4) is 11.5 Å². The molecular formula is C23H18N2O4S. The lowest BCUT2D eigenvalue weighted by Gasteiger charge is -2.29. The Labute approximate surface area is 178 Å². The molecule has 6 nitrogen and oxygen atoms in total. The highest BCUT2D eigenvalue weighted by molar-refractivity contribution is 7.80. The van der Waals surface area contributed by atoms with Crippen LogP contribution in [-0.4, -0.2) is 31.1 Å². The molecule has 0 unspecified atom stereocenters. The van der Waals surface area contributed by atoms with Gasteiger partial charge in [0.15, 0.2) is 5.11 Å². The van der Waals surface area contributed by atoms with Gasteiger partial charge in [0, 0.05) is 5.39 Å². The second kappa shape index (κ2) is 7.96. The Bertz CT molecular complexity index is 1200. The summed E-state index contributed by atoms with van der Waals surface area (Å²) in [5, 5.41) is 4.39. The molecule has 2 amide bonds. The Kier molecular flexibility index (Phi) is 5.20. The molecule has 0 atom stereocenters. The fourth-order valence-corrected chi connectivity index (χ4v) is 3.66. The number of hydrogen-bond acceptors (Lipinski definition) is 5. The Morgan fingerprint density at radius 3 is 2.27 bits per heavy atom. The van der Waals surface area contributed by atoms with E-state index in [1.54, 1.807) is 44.6 Å². The van der Waals surface area contributed by atoms with Crippen molar-refractivity contribution in [2.75, 3.05) is 19.1 Å². The first-order valence-corrected chi connectivity index (χ1v) is 9.55. The Morgan fingerprint density at radius 2 is 1.60 bits per heavy atom. The maximum Gasteiger partial charge on any atom is 0.270 e. The molecule has 1 aliphatic rings. The molecule has 0 aliphatic carbocycles. The van der Waals surface area contributed by atoms with E-state index in [0.29, 0.717) is 17.2 Å². The van der Waals surface area contributed by atoms with Crippen molar-refractivity contribution in [1.29, 1.82) is 0 Å². The van der Waals surface area contributed by atoms with E-state index in [0.717, 1.165) is 16.3 Å². The van der Waals surface area contributed by atoms with Crippen molar-refractivity contribution in [1.82, 2.24) is 5.32 Å². The number of benzene rings is 3. The number of carbonyl (C=O) groups excluding carboxylic acids is 2. The van der Waals surface area contributed by atoms with E-state index in [4.69, 9.17) is 21.7 Å². The fourth-order valence-electron chi connectivity index (χ4n) is 3.38. The van der Waals surface area contributed by atoms with Gasteiger partial charge in [-0.05, 0) is 59.6 Å². The van der Waals surface area contributed by atoms with Crippen LogP contribution in [0.4, 0.5) is 5.69 Å². The summed E-state index contributed by atoms with van der Waals surface area (Å²) >= 11 is 5.25. The first-order chi connectivity index (χ1) is 14.5. The molecule has 0 aromatic heterocycles. The zero-order valence-corrected chi connectivity index (χ0v) is 17.2. The van der Waals surface area contributed by atoms with Gasteiger partial charge in [0.25, 0.3) is 11.8 Å². The predicted molar refractivity (Wildman–Crippen MR) is 120 cm³/mol. The molecule has 1 aliphatic heterocycles. The van der Waals surface area contributed by atoms with Gasteiger partial charge in [-0.25, -0.2) is 0 Å². The van der Waals surface area contributed by atoms with Crippen LogP contribution in [0.25, 0.3) is 16.8 Å². The summed E-state index contributed by atoms with van der Waals surface area (Å²) in [6.07, 6.45) is 1.58. The van der Waals surface area contributed by atoms with Gasteiger partial charge in [-0.15, -0.1) is 0 Å². The number of rotatable bonds is 4. The number of fused-ring (bicyclic) bond motifs is 1. The van der Waals surface area contributed by atoms with Crippen LogP contribution in [-0.2, 0) is 9.59 Å². The number of ether oxygens (including phenoxy) is 2. The van der Waals surface area contributed by atoms with Crippen LogP contribution >= 0.6 is 12.2 Å². The smallest absolute Gasteiger partial charge is 0.270 e. The highest BCUT2D eigenvalue weighted by Crippen LogP contribution is 2.31. The van der Waals surface area contributed by atoms with Gasteiger partial charge in [-0.3, -0.25) is 19.8 Å². The van der Waals surface area contributed by atoms with E-state index in [2.05, 4.69) is 5.32 Å². The molecule has 3 aromatic rings. The minimum Gasteiger partial charge on any atom is -0.497 e. The molecule has 3 aromatic carbocycles. The summed E-state index contributed by atoms with van der Waals surface area (Å²) in [5.74, 6) is 0.343.